The van der Waals surface area contributed by atoms with Crippen LogP contribution in [0.1, 0.15) is 11.1 Å². The molecule has 21 heavy (non-hydrogen) atoms. The van der Waals surface area contributed by atoms with Gasteiger partial charge in [-0.2, -0.15) is 5.26 Å². The first-order valence-electron chi connectivity index (χ1n) is 6.15. The second-order valence-electron chi connectivity index (χ2n) is 4.56. The average Bonchev–Trinajstić information content (AvgIpc) is 2.78. The number of aromatic amines is 1. The lowest BCUT2D eigenvalue weighted by atomic mass is 10.2. The van der Waals surface area contributed by atoms with E-state index < -0.39 is 11.6 Å². The van der Waals surface area contributed by atoms with Gasteiger partial charge in [0, 0.05) is 11.6 Å². The number of nitriles is 1. The van der Waals surface area contributed by atoms with E-state index in [1.165, 1.54) is 12.1 Å². The zero-order valence-corrected chi connectivity index (χ0v) is 11.5. The number of para-hydroxylation sites is 1. The van der Waals surface area contributed by atoms with E-state index in [0.29, 0.717) is 26.9 Å². The van der Waals surface area contributed by atoms with Crippen molar-refractivity contribution in [2.75, 3.05) is 0 Å². The molecule has 0 amide bonds. The molecular weight excluding hydrogens is 292 g/mol. The molecule has 0 fully saturated rings. The van der Waals surface area contributed by atoms with Gasteiger partial charge >= 0.3 is 0 Å². The van der Waals surface area contributed by atoms with Crippen molar-refractivity contribution >= 4 is 23.3 Å². The Bertz CT molecular complexity index is 934. The minimum atomic E-state index is -0.623. The van der Waals surface area contributed by atoms with Crippen LogP contribution in [0, 0.1) is 27.7 Å². The Balaban J connectivity index is 2.15. The lowest BCUT2D eigenvalue weighted by Crippen LogP contribution is -2.02. The summed E-state index contributed by atoms with van der Waals surface area (Å²) >= 11 is 5.23. The molecule has 0 aliphatic carbocycles. The summed E-state index contributed by atoms with van der Waals surface area (Å²) in [7, 11) is 0. The van der Waals surface area contributed by atoms with Gasteiger partial charge in [0.2, 0.25) is 0 Å². The fourth-order valence-electron chi connectivity index (χ4n) is 2.25. The van der Waals surface area contributed by atoms with Gasteiger partial charge in [0.15, 0.2) is 4.77 Å². The van der Waals surface area contributed by atoms with Crippen LogP contribution in [0.4, 0.5) is 8.78 Å². The average molecular weight is 301 g/mol. The maximum Gasteiger partial charge on any atom is 0.178 e. The van der Waals surface area contributed by atoms with Gasteiger partial charge in [0.05, 0.1) is 23.1 Å². The van der Waals surface area contributed by atoms with Gasteiger partial charge in [0.1, 0.15) is 17.7 Å². The van der Waals surface area contributed by atoms with Crippen LogP contribution in [0.15, 0.2) is 36.4 Å². The summed E-state index contributed by atoms with van der Waals surface area (Å²) in [4.78, 5) is 2.96. The largest absolute Gasteiger partial charge is 0.329 e. The molecule has 3 nitrogen and oxygen atoms in total. The van der Waals surface area contributed by atoms with Crippen LogP contribution in [0.2, 0.25) is 0 Å². The molecule has 6 heteroatoms. The van der Waals surface area contributed by atoms with Crippen LogP contribution < -0.4 is 0 Å². The lowest BCUT2D eigenvalue weighted by molar-refractivity contribution is 0.567. The topological polar surface area (TPSA) is 44.5 Å². The maximum absolute atomic E-state index is 13.8. The molecule has 1 N–H and O–H groups in total. The van der Waals surface area contributed by atoms with Crippen molar-refractivity contribution in [3.8, 4) is 6.07 Å². The molecule has 0 aliphatic heterocycles. The van der Waals surface area contributed by atoms with Gasteiger partial charge < -0.3 is 9.55 Å². The Morgan fingerprint density at radius 1 is 1.24 bits per heavy atom. The number of rotatable bonds is 2. The Morgan fingerprint density at radius 3 is 2.76 bits per heavy atom. The molecule has 2 aromatic carbocycles. The molecule has 0 unspecified atom stereocenters. The SMILES string of the molecule is N#Cc1cccc2c1[nH]c(=S)n2Cc1ccc(F)cc1F. The number of fused-ring (bicyclic) bond motifs is 1. The summed E-state index contributed by atoms with van der Waals surface area (Å²) in [5.41, 5.74) is 2.13. The van der Waals surface area contributed by atoms with Crippen molar-refractivity contribution < 1.29 is 8.78 Å². The third-order valence-corrected chi connectivity index (χ3v) is 3.60. The van der Waals surface area contributed by atoms with Crippen LogP contribution in [0.3, 0.4) is 0 Å². The molecule has 0 bridgehead atoms. The van der Waals surface area contributed by atoms with E-state index >= 15 is 0 Å². The summed E-state index contributed by atoms with van der Waals surface area (Å²) < 4.78 is 28.8. The number of nitrogens with zero attached hydrogens (tertiary/aromatic N) is 2. The minimum Gasteiger partial charge on any atom is -0.329 e. The van der Waals surface area contributed by atoms with Crippen molar-refractivity contribution in [1.29, 1.82) is 5.26 Å². The number of hydrogen-bond donors (Lipinski definition) is 1. The van der Waals surface area contributed by atoms with Gasteiger partial charge in [-0.05, 0) is 30.4 Å². The molecule has 0 saturated carbocycles. The molecular formula is C15H9F2N3S. The van der Waals surface area contributed by atoms with Crippen molar-refractivity contribution in [1.82, 2.24) is 9.55 Å². The van der Waals surface area contributed by atoms with Gasteiger partial charge in [-0.3, -0.25) is 0 Å². The Labute approximate surface area is 124 Å². The zero-order valence-electron chi connectivity index (χ0n) is 10.7. The number of halogens is 2. The first-order valence-corrected chi connectivity index (χ1v) is 6.56. The fraction of sp³-hybridized carbons (Fsp3) is 0.0667. The Morgan fingerprint density at radius 2 is 2.05 bits per heavy atom. The lowest BCUT2D eigenvalue weighted by Gasteiger charge is -2.06. The Hall–Kier alpha value is -2.52. The highest BCUT2D eigenvalue weighted by molar-refractivity contribution is 7.71. The fourth-order valence-corrected chi connectivity index (χ4v) is 2.52. The number of H-pyrrole nitrogens is 1. The van der Waals surface area contributed by atoms with Crippen molar-refractivity contribution in [2.24, 2.45) is 0 Å². The maximum atomic E-state index is 13.8. The van der Waals surface area contributed by atoms with Gasteiger partial charge in [-0.25, -0.2) is 8.78 Å². The second kappa shape index (κ2) is 5.11. The number of nitrogens with one attached hydrogen (secondary N) is 1. The normalized spacial score (nSPS) is 10.7. The van der Waals surface area contributed by atoms with Crippen molar-refractivity contribution in [2.45, 2.75) is 6.54 Å². The van der Waals surface area contributed by atoms with Gasteiger partial charge in [-0.15, -0.1) is 0 Å². The van der Waals surface area contributed by atoms with E-state index in [0.717, 1.165) is 6.07 Å². The van der Waals surface area contributed by atoms with E-state index in [1.54, 1.807) is 22.8 Å². The van der Waals surface area contributed by atoms with Crippen LogP contribution in [0.5, 0.6) is 0 Å². The third-order valence-electron chi connectivity index (χ3n) is 3.27. The number of imidazole rings is 1. The van der Waals surface area contributed by atoms with E-state index in [2.05, 4.69) is 11.1 Å². The standard InChI is InChI=1S/C15H9F2N3S/c16-11-5-4-10(12(17)6-11)8-20-13-3-1-2-9(7-18)14(13)19-15(20)21/h1-6H,8H2,(H,19,21). The first kappa shape index (κ1) is 13.5. The predicted molar refractivity (Wildman–Crippen MR) is 77.3 cm³/mol. The van der Waals surface area contributed by atoms with Crippen LogP contribution in [-0.2, 0) is 6.54 Å². The number of hydrogen-bond acceptors (Lipinski definition) is 2. The predicted octanol–water partition coefficient (Wildman–Crippen LogP) is 3.90. The number of aromatic nitrogens is 2. The molecule has 1 aromatic heterocycles. The van der Waals surface area contributed by atoms with E-state index in [1.807, 2.05) is 0 Å². The highest BCUT2D eigenvalue weighted by Crippen LogP contribution is 2.20. The first-order chi connectivity index (χ1) is 10.1. The second-order valence-corrected chi connectivity index (χ2v) is 4.95. The van der Waals surface area contributed by atoms with Crippen molar-refractivity contribution in [3.63, 3.8) is 0 Å². The van der Waals surface area contributed by atoms with Gasteiger partial charge in [-0.1, -0.05) is 12.1 Å². The summed E-state index contributed by atoms with van der Waals surface area (Å²) in [5.74, 6) is -1.24. The summed E-state index contributed by atoms with van der Waals surface area (Å²) in [5, 5.41) is 9.09. The molecule has 0 spiro atoms. The molecule has 3 rings (SSSR count). The van der Waals surface area contributed by atoms with E-state index in [-0.39, 0.29) is 6.54 Å². The molecule has 1 heterocycles. The Kier molecular flexibility index (Phi) is 3.28. The van der Waals surface area contributed by atoms with Crippen LogP contribution >= 0.6 is 12.2 Å². The molecule has 3 aromatic rings. The summed E-state index contributed by atoms with van der Waals surface area (Å²) in [6.45, 7) is 0.166. The smallest absolute Gasteiger partial charge is 0.178 e. The molecule has 0 aliphatic rings. The molecule has 0 saturated heterocycles. The van der Waals surface area contributed by atoms with E-state index in [9.17, 15) is 8.78 Å². The quantitative estimate of drug-likeness (QED) is 0.730. The summed E-state index contributed by atoms with van der Waals surface area (Å²) in [6, 6.07) is 10.7. The van der Waals surface area contributed by atoms with E-state index in [4.69, 9.17) is 17.5 Å². The monoisotopic (exact) mass is 301 g/mol. The van der Waals surface area contributed by atoms with Crippen LogP contribution in [0.25, 0.3) is 11.0 Å². The highest BCUT2D eigenvalue weighted by atomic mass is 32.1. The number of benzene rings is 2. The third kappa shape index (κ3) is 2.32. The highest BCUT2D eigenvalue weighted by Gasteiger charge is 2.11. The summed E-state index contributed by atoms with van der Waals surface area (Å²) in [6.07, 6.45) is 0. The van der Waals surface area contributed by atoms with Crippen LogP contribution in [-0.4, -0.2) is 9.55 Å². The zero-order chi connectivity index (χ0) is 15.0. The van der Waals surface area contributed by atoms with Gasteiger partial charge in [0.25, 0.3) is 0 Å². The molecule has 104 valence electrons. The minimum absolute atomic E-state index is 0.166. The van der Waals surface area contributed by atoms with Crippen molar-refractivity contribution in [3.05, 3.63) is 63.9 Å². The molecule has 0 atom stereocenters. The molecule has 0 radical (unpaired) electrons.